The molecule has 0 saturated heterocycles. The van der Waals surface area contributed by atoms with Gasteiger partial charge >= 0.3 is 0 Å². The Morgan fingerprint density at radius 3 is 2.35 bits per heavy atom. The summed E-state index contributed by atoms with van der Waals surface area (Å²) >= 11 is 3.63. The molecule has 0 N–H and O–H groups in total. The smallest absolute Gasteiger partial charge is 0.159 e. The zero-order valence-electron chi connectivity index (χ0n) is 19.6. The summed E-state index contributed by atoms with van der Waals surface area (Å²) < 4.78 is 6.79. The summed E-state index contributed by atoms with van der Waals surface area (Å²) in [6, 6.07) is 6.11. The first kappa shape index (κ1) is 24.2. The highest BCUT2D eigenvalue weighted by Crippen LogP contribution is 2.39. The third-order valence-electron chi connectivity index (χ3n) is 6.96. The van der Waals surface area contributed by atoms with Crippen LogP contribution in [0.4, 0.5) is 0 Å². The Morgan fingerprint density at radius 2 is 1.71 bits per heavy atom. The number of nitrogens with zero attached hydrogens (tertiary/aromatic N) is 2. The quantitative estimate of drug-likeness (QED) is 0.298. The molecule has 1 unspecified atom stereocenters. The lowest BCUT2D eigenvalue weighted by Gasteiger charge is -2.32. The van der Waals surface area contributed by atoms with Crippen LogP contribution < -0.4 is 4.74 Å². The van der Waals surface area contributed by atoms with Gasteiger partial charge in [-0.15, -0.1) is 0 Å². The van der Waals surface area contributed by atoms with E-state index in [4.69, 9.17) is 14.7 Å². The molecule has 4 heteroatoms. The standard InChI is InChI=1S/C27H39BrN2O/c1-4-6-8-9-21-10-12-22(13-11-21)20(3)24-18-29-27(30-19-24)23-14-15-26(25(28)17-23)31-16-7-5-2/h14-15,17-22H,4-13,16H2,1-3H3. The molecule has 2 aromatic rings. The summed E-state index contributed by atoms with van der Waals surface area (Å²) in [6.07, 6.45) is 17.4. The number of unbranched alkanes of at least 4 members (excludes halogenated alkanes) is 3. The van der Waals surface area contributed by atoms with Crippen LogP contribution in [0.15, 0.2) is 35.1 Å². The van der Waals surface area contributed by atoms with E-state index in [-0.39, 0.29) is 0 Å². The number of benzene rings is 1. The first-order valence-electron chi connectivity index (χ1n) is 12.4. The van der Waals surface area contributed by atoms with Gasteiger partial charge in [0.2, 0.25) is 0 Å². The Hall–Kier alpha value is -1.42. The topological polar surface area (TPSA) is 35.0 Å². The van der Waals surface area contributed by atoms with E-state index < -0.39 is 0 Å². The van der Waals surface area contributed by atoms with Crippen LogP contribution >= 0.6 is 15.9 Å². The number of rotatable bonds is 11. The van der Waals surface area contributed by atoms with E-state index in [0.29, 0.717) is 5.92 Å². The Balaban J connectivity index is 1.56. The summed E-state index contributed by atoms with van der Waals surface area (Å²) in [7, 11) is 0. The molecule has 3 nitrogen and oxygen atoms in total. The van der Waals surface area contributed by atoms with Crippen molar-refractivity contribution in [2.75, 3.05) is 6.61 Å². The maximum absolute atomic E-state index is 5.83. The van der Waals surface area contributed by atoms with Crippen molar-refractivity contribution < 1.29 is 4.74 Å². The lowest BCUT2D eigenvalue weighted by molar-refractivity contribution is 0.236. The molecule has 1 aliphatic rings. The van der Waals surface area contributed by atoms with Crippen LogP contribution in [0.1, 0.15) is 96.5 Å². The third kappa shape index (κ3) is 7.03. The molecule has 1 fully saturated rings. The lowest BCUT2D eigenvalue weighted by Crippen LogP contribution is -2.19. The summed E-state index contributed by atoms with van der Waals surface area (Å²) in [6.45, 7) is 7.57. The predicted molar refractivity (Wildman–Crippen MR) is 134 cm³/mol. The molecule has 1 aliphatic carbocycles. The number of hydrogen-bond acceptors (Lipinski definition) is 3. The fraction of sp³-hybridized carbons (Fsp3) is 0.630. The summed E-state index contributed by atoms with van der Waals surface area (Å²) in [5.41, 5.74) is 2.29. The van der Waals surface area contributed by atoms with Crippen molar-refractivity contribution in [3.8, 4) is 17.1 Å². The van der Waals surface area contributed by atoms with Crippen molar-refractivity contribution in [3.05, 3.63) is 40.6 Å². The van der Waals surface area contributed by atoms with Gasteiger partial charge in [0.05, 0.1) is 11.1 Å². The van der Waals surface area contributed by atoms with Gasteiger partial charge in [-0.25, -0.2) is 9.97 Å². The normalized spacial score (nSPS) is 19.9. The lowest BCUT2D eigenvalue weighted by atomic mass is 9.73. The molecule has 0 aliphatic heterocycles. The van der Waals surface area contributed by atoms with Crippen molar-refractivity contribution in [2.45, 2.75) is 90.9 Å². The van der Waals surface area contributed by atoms with Crippen LogP contribution in [0, 0.1) is 11.8 Å². The number of halogens is 1. The Kier molecular flexibility index (Phi) is 9.83. The molecule has 0 spiro atoms. The van der Waals surface area contributed by atoms with Crippen molar-refractivity contribution in [2.24, 2.45) is 11.8 Å². The van der Waals surface area contributed by atoms with Crippen molar-refractivity contribution >= 4 is 15.9 Å². The monoisotopic (exact) mass is 486 g/mol. The second-order valence-electron chi connectivity index (χ2n) is 9.25. The van der Waals surface area contributed by atoms with Gasteiger partial charge < -0.3 is 4.74 Å². The largest absolute Gasteiger partial charge is 0.492 e. The second kappa shape index (κ2) is 12.6. The van der Waals surface area contributed by atoms with E-state index in [1.807, 2.05) is 24.5 Å². The highest BCUT2D eigenvalue weighted by Gasteiger charge is 2.26. The van der Waals surface area contributed by atoms with E-state index in [0.717, 1.165) is 52.9 Å². The zero-order chi connectivity index (χ0) is 22.1. The van der Waals surface area contributed by atoms with Gasteiger partial charge in [-0.05, 0) is 76.7 Å². The maximum atomic E-state index is 5.83. The van der Waals surface area contributed by atoms with Crippen molar-refractivity contribution in [1.29, 1.82) is 0 Å². The Bertz CT molecular complexity index is 784. The van der Waals surface area contributed by atoms with E-state index in [9.17, 15) is 0 Å². The second-order valence-corrected chi connectivity index (χ2v) is 10.1. The molecule has 1 atom stereocenters. The molecular weight excluding hydrogens is 448 g/mol. The molecule has 31 heavy (non-hydrogen) atoms. The molecular formula is C27H39BrN2O. The van der Waals surface area contributed by atoms with Crippen LogP contribution in [0.5, 0.6) is 5.75 Å². The fourth-order valence-corrected chi connectivity index (χ4v) is 5.23. The summed E-state index contributed by atoms with van der Waals surface area (Å²) in [5, 5.41) is 0. The predicted octanol–water partition coefficient (Wildman–Crippen LogP) is 8.58. The van der Waals surface area contributed by atoms with Gasteiger partial charge in [0.25, 0.3) is 0 Å². The minimum atomic E-state index is 0.534. The van der Waals surface area contributed by atoms with E-state index >= 15 is 0 Å². The van der Waals surface area contributed by atoms with Gasteiger partial charge in [-0.1, -0.05) is 65.7 Å². The van der Waals surface area contributed by atoms with Gasteiger partial charge in [0.1, 0.15) is 5.75 Å². The van der Waals surface area contributed by atoms with Crippen LogP contribution in [0.3, 0.4) is 0 Å². The molecule has 3 rings (SSSR count). The van der Waals surface area contributed by atoms with Gasteiger partial charge in [0.15, 0.2) is 5.82 Å². The Morgan fingerprint density at radius 1 is 1.00 bits per heavy atom. The fourth-order valence-electron chi connectivity index (χ4n) is 4.74. The van der Waals surface area contributed by atoms with Crippen molar-refractivity contribution in [1.82, 2.24) is 9.97 Å². The number of aromatic nitrogens is 2. The van der Waals surface area contributed by atoms with Crippen LogP contribution in [-0.4, -0.2) is 16.6 Å². The molecule has 1 heterocycles. The average Bonchev–Trinajstić information content (AvgIpc) is 2.80. The average molecular weight is 488 g/mol. The number of ether oxygens (including phenoxy) is 1. The first-order chi connectivity index (χ1) is 15.1. The van der Waals surface area contributed by atoms with E-state index in [1.165, 1.54) is 56.9 Å². The maximum Gasteiger partial charge on any atom is 0.159 e. The minimum absolute atomic E-state index is 0.534. The highest BCUT2D eigenvalue weighted by molar-refractivity contribution is 9.10. The molecule has 1 aromatic carbocycles. The third-order valence-corrected chi connectivity index (χ3v) is 7.58. The van der Waals surface area contributed by atoms with Gasteiger partial charge in [-0.2, -0.15) is 0 Å². The van der Waals surface area contributed by atoms with E-state index in [1.54, 1.807) is 0 Å². The van der Waals surface area contributed by atoms with Crippen molar-refractivity contribution in [3.63, 3.8) is 0 Å². The molecule has 1 saturated carbocycles. The van der Waals surface area contributed by atoms with Crippen LogP contribution in [-0.2, 0) is 0 Å². The molecule has 1 aromatic heterocycles. The Labute approximate surface area is 197 Å². The summed E-state index contributed by atoms with van der Waals surface area (Å²) in [4.78, 5) is 9.41. The molecule has 0 radical (unpaired) electrons. The van der Waals surface area contributed by atoms with Gasteiger partial charge in [0, 0.05) is 18.0 Å². The first-order valence-corrected chi connectivity index (χ1v) is 13.2. The zero-order valence-corrected chi connectivity index (χ0v) is 21.2. The minimum Gasteiger partial charge on any atom is -0.492 e. The van der Waals surface area contributed by atoms with Crippen LogP contribution in [0.2, 0.25) is 0 Å². The highest BCUT2D eigenvalue weighted by atomic mass is 79.9. The molecule has 0 bridgehead atoms. The number of hydrogen-bond donors (Lipinski definition) is 0. The SMILES string of the molecule is CCCCCC1CCC(C(C)c2cnc(-c3ccc(OCCCC)c(Br)c3)nc2)CC1. The summed E-state index contributed by atoms with van der Waals surface area (Å²) in [5.74, 6) is 3.92. The van der Waals surface area contributed by atoms with Gasteiger partial charge in [-0.3, -0.25) is 0 Å². The van der Waals surface area contributed by atoms with E-state index in [2.05, 4.69) is 42.8 Å². The molecule has 0 amide bonds. The van der Waals surface area contributed by atoms with Crippen LogP contribution in [0.25, 0.3) is 11.4 Å². The molecule has 170 valence electrons.